The Kier molecular flexibility index (Phi) is 9.17. The van der Waals surface area contributed by atoms with E-state index in [9.17, 15) is 4.79 Å². The number of halogens is 1. The number of rotatable bonds is 8. The van der Waals surface area contributed by atoms with Crippen molar-refractivity contribution in [1.82, 2.24) is 10.2 Å². The van der Waals surface area contributed by atoms with Crippen LogP contribution < -0.4 is 20.3 Å². The first-order chi connectivity index (χ1) is 17.5. The molecule has 0 unspecified atom stereocenters. The van der Waals surface area contributed by atoms with Crippen LogP contribution in [0.5, 0.6) is 5.75 Å². The molecule has 0 aliphatic carbocycles. The van der Waals surface area contributed by atoms with Crippen LogP contribution >= 0.6 is 23.8 Å². The van der Waals surface area contributed by atoms with E-state index in [4.69, 9.17) is 28.6 Å². The highest BCUT2D eigenvalue weighted by molar-refractivity contribution is 7.80. The number of thiocarbonyl (C=S) groups is 1. The summed E-state index contributed by atoms with van der Waals surface area (Å²) in [7, 11) is 0. The van der Waals surface area contributed by atoms with Crippen molar-refractivity contribution < 1.29 is 9.53 Å². The van der Waals surface area contributed by atoms with Gasteiger partial charge in [-0.25, -0.2) is 0 Å². The highest BCUT2D eigenvalue weighted by Crippen LogP contribution is 2.22. The molecule has 1 aliphatic heterocycles. The number of carbonyl (C=O) groups excluding carboxylic acids is 1. The van der Waals surface area contributed by atoms with Gasteiger partial charge in [-0.2, -0.15) is 0 Å². The first kappa shape index (κ1) is 25.9. The van der Waals surface area contributed by atoms with Crippen molar-refractivity contribution in [2.24, 2.45) is 0 Å². The van der Waals surface area contributed by atoms with E-state index in [2.05, 4.69) is 38.6 Å². The van der Waals surface area contributed by atoms with Gasteiger partial charge in [-0.15, -0.1) is 0 Å². The Balaban J connectivity index is 1.25. The lowest BCUT2D eigenvalue weighted by molar-refractivity contribution is 0.0977. The van der Waals surface area contributed by atoms with Crippen LogP contribution in [0.15, 0.2) is 72.8 Å². The van der Waals surface area contributed by atoms with Crippen molar-refractivity contribution in [3.63, 3.8) is 0 Å². The molecule has 3 aromatic carbocycles. The number of ether oxygens (including phenoxy) is 1. The molecule has 0 saturated carbocycles. The molecule has 2 N–H and O–H groups in total. The molecule has 0 bridgehead atoms. The van der Waals surface area contributed by atoms with E-state index < -0.39 is 0 Å². The van der Waals surface area contributed by atoms with Crippen molar-refractivity contribution in [3.8, 4) is 5.75 Å². The Hall–Kier alpha value is -3.13. The van der Waals surface area contributed by atoms with Gasteiger partial charge in [-0.1, -0.05) is 42.8 Å². The molecule has 0 aromatic heterocycles. The van der Waals surface area contributed by atoms with E-state index in [1.807, 2.05) is 43.3 Å². The molecular weight excluding hydrogens is 492 g/mol. The summed E-state index contributed by atoms with van der Waals surface area (Å²) in [5.74, 6) is 0.393. The first-order valence-corrected chi connectivity index (χ1v) is 13.0. The van der Waals surface area contributed by atoms with Gasteiger partial charge in [0.15, 0.2) is 5.11 Å². The Labute approximate surface area is 223 Å². The number of anilines is 2. The summed E-state index contributed by atoms with van der Waals surface area (Å²) in [5, 5.41) is 6.90. The highest BCUT2D eigenvalue weighted by Gasteiger charge is 2.18. The average Bonchev–Trinajstić information content (AvgIpc) is 2.90. The Morgan fingerprint density at radius 1 is 1.00 bits per heavy atom. The minimum Gasteiger partial charge on any atom is -0.494 e. The summed E-state index contributed by atoms with van der Waals surface area (Å²) in [4.78, 5) is 17.4. The molecule has 36 heavy (non-hydrogen) atoms. The first-order valence-electron chi connectivity index (χ1n) is 12.2. The van der Waals surface area contributed by atoms with E-state index in [-0.39, 0.29) is 11.0 Å². The van der Waals surface area contributed by atoms with Gasteiger partial charge in [0.1, 0.15) is 5.75 Å². The van der Waals surface area contributed by atoms with Gasteiger partial charge in [0.05, 0.1) is 6.61 Å². The predicted octanol–water partition coefficient (Wildman–Crippen LogP) is 5.58. The molecule has 0 atom stereocenters. The lowest BCUT2D eigenvalue weighted by Crippen LogP contribution is -2.46. The fraction of sp³-hybridized carbons (Fsp3) is 0.286. The Bertz CT molecular complexity index is 1180. The maximum atomic E-state index is 12.6. The molecule has 1 heterocycles. The van der Waals surface area contributed by atoms with Gasteiger partial charge >= 0.3 is 0 Å². The van der Waals surface area contributed by atoms with Crippen molar-refractivity contribution in [2.45, 2.75) is 19.9 Å². The van der Waals surface area contributed by atoms with Crippen LogP contribution in [0.3, 0.4) is 0 Å². The molecule has 6 nitrogen and oxygen atoms in total. The molecule has 1 aliphatic rings. The minimum absolute atomic E-state index is 0.251. The second-order valence-corrected chi connectivity index (χ2v) is 9.50. The fourth-order valence-electron chi connectivity index (χ4n) is 4.07. The summed E-state index contributed by atoms with van der Waals surface area (Å²) in [5.41, 5.74) is 3.65. The zero-order chi connectivity index (χ0) is 25.3. The maximum absolute atomic E-state index is 12.6. The second kappa shape index (κ2) is 12.7. The van der Waals surface area contributed by atoms with E-state index in [1.54, 1.807) is 18.2 Å². The van der Waals surface area contributed by atoms with Crippen LogP contribution in [0.4, 0.5) is 11.4 Å². The summed E-state index contributed by atoms with van der Waals surface area (Å²) in [6, 6.07) is 23.2. The highest BCUT2D eigenvalue weighted by atomic mass is 35.5. The molecule has 0 radical (unpaired) electrons. The maximum Gasteiger partial charge on any atom is 0.257 e. The lowest BCUT2D eigenvalue weighted by Gasteiger charge is -2.36. The monoisotopic (exact) mass is 522 g/mol. The van der Waals surface area contributed by atoms with Crippen LogP contribution in [-0.4, -0.2) is 48.7 Å². The van der Waals surface area contributed by atoms with Gasteiger partial charge in [0, 0.05) is 54.7 Å². The largest absolute Gasteiger partial charge is 0.494 e. The van der Waals surface area contributed by atoms with Crippen LogP contribution in [0.2, 0.25) is 5.02 Å². The second-order valence-electron chi connectivity index (χ2n) is 8.69. The SMILES string of the molecule is CCCOc1cccc(C(=O)NC(=S)Nc2ccc(N3CCN(Cc4ccccc4Cl)CC3)cc2)c1. The number of benzene rings is 3. The molecule has 1 saturated heterocycles. The van der Waals surface area contributed by atoms with Gasteiger partial charge in [-0.05, 0) is 72.7 Å². The molecular formula is C28H31ClN4O2S. The number of piperazine rings is 1. The van der Waals surface area contributed by atoms with E-state index >= 15 is 0 Å². The Morgan fingerprint density at radius 2 is 1.75 bits per heavy atom. The van der Waals surface area contributed by atoms with Gasteiger partial charge < -0.3 is 15.0 Å². The van der Waals surface area contributed by atoms with Crippen LogP contribution in [0, 0.1) is 0 Å². The number of amides is 1. The topological polar surface area (TPSA) is 56.8 Å². The standard InChI is InChI=1S/C28H31ClN4O2S/c1-2-18-35-25-8-5-7-21(19-25)27(34)31-28(36)30-23-10-12-24(13-11-23)33-16-14-32(15-17-33)20-22-6-3-4-9-26(22)29/h3-13,19H,2,14-18,20H2,1H3,(H2,30,31,34,36). The Morgan fingerprint density at radius 3 is 2.47 bits per heavy atom. The van der Waals surface area contributed by atoms with Crippen molar-refractivity contribution in [2.75, 3.05) is 43.0 Å². The molecule has 4 rings (SSSR count). The third kappa shape index (κ3) is 7.20. The number of nitrogens with zero attached hydrogens (tertiary/aromatic N) is 2. The molecule has 3 aromatic rings. The fourth-order valence-corrected chi connectivity index (χ4v) is 4.48. The lowest BCUT2D eigenvalue weighted by atomic mass is 10.2. The van der Waals surface area contributed by atoms with Crippen LogP contribution in [-0.2, 0) is 6.54 Å². The van der Waals surface area contributed by atoms with E-state index in [0.29, 0.717) is 17.9 Å². The third-order valence-electron chi connectivity index (χ3n) is 6.01. The third-order valence-corrected chi connectivity index (χ3v) is 6.58. The van der Waals surface area contributed by atoms with Crippen molar-refractivity contribution >= 4 is 46.2 Å². The smallest absolute Gasteiger partial charge is 0.257 e. The normalized spacial score (nSPS) is 13.8. The number of hydrogen-bond acceptors (Lipinski definition) is 5. The minimum atomic E-state index is -0.277. The molecule has 8 heteroatoms. The summed E-state index contributed by atoms with van der Waals surface area (Å²) >= 11 is 11.7. The molecule has 1 fully saturated rings. The van der Waals surface area contributed by atoms with Gasteiger partial charge in [0.25, 0.3) is 5.91 Å². The number of nitrogens with one attached hydrogen (secondary N) is 2. The van der Waals surface area contributed by atoms with Crippen LogP contribution in [0.25, 0.3) is 0 Å². The quantitative estimate of drug-likeness (QED) is 0.377. The number of hydrogen-bond donors (Lipinski definition) is 2. The molecule has 1 amide bonds. The summed E-state index contributed by atoms with van der Waals surface area (Å²) in [6.45, 7) is 7.38. The van der Waals surface area contributed by atoms with Gasteiger partial charge in [0.2, 0.25) is 0 Å². The van der Waals surface area contributed by atoms with Gasteiger partial charge in [-0.3, -0.25) is 15.0 Å². The summed E-state index contributed by atoms with van der Waals surface area (Å²) in [6.07, 6.45) is 0.906. The number of carbonyl (C=O) groups is 1. The summed E-state index contributed by atoms with van der Waals surface area (Å²) < 4.78 is 5.60. The predicted molar refractivity (Wildman–Crippen MR) is 151 cm³/mol. The van der Waals surface area contributed by atoms with Crippen molar-refractivity contribution in [3.05, 3.63) is 88.9 Å². The van der Waals surface area contributed by atoms with Crippen LogP contribution in [0.1, 0.15) is 29.3 Å². The zero-order valence-electron chi connectivity index (χ0n) is 20.4. The average molecular weight is 523 g/mol. The zero-order valence-corrected chi connectivity index (χ0v) is 21.9. The van der Waals surface area contributed by atoms with Crippen molar-refractivity contribution in [1.29, 1.82) is 0 Å². The van der Waals surface area contributed by atoms with E-state index in [0.717, 1.165) is 55.5 Å². The molecule has 188 valence electrons. The molecule has 0 spiro atoms. The van der Waals surface area contributed by atoms with E-state index in [1.165, 1.54) is 5.56 Å².